The monoisotopic (exact) mass is 266 g/mol. The van der Waals surface area contributed by atoms with Crippen LogP contribution >= 0.6 is 0 Å². The summed E-state index contributed by atoms with van der Waals surface area (Å²) < 4.78 is 6.27. The van der Waals surface area contributed by atoms with Gasteiger partial charge in [0.2, 0.25) is 5.69 Å². The predicted octanol–water partition coefficient (Wildman–Crippen LogP) is 2.67. The highest BCUT2D eigenvalue weighted by atomic mass is 16.5. The van der Waals surface area contributed by atoms with Gasteiger partial charge in [-0.3, -0.25) is 9.61 Å². The average Bonchev–Trinajstić information content (AvgIpc) is 3.04. The van der Waals surface area contributed by atoms with Crippen molar-refractivity contribution in [1.29, 1.82) is 0 Å². The van der Waals surface area contributed by atoms with E-state index in [2.05, 4.69) is 14.9 Å². The van der Waals surface area contributed by atoms with Crippen LogP contribution in [0.5, 0.6) is 0 Å². The first-order valence-corrected chi connectivity index (χ1v) is 5.87. The van der Waals surface area contributed by atoms with Crippen molar-refractivity contribution in [1.82, 2.24) is 14.6 Å². The lowest BCUT2D eigenvalue weighted by Gasteiger charge is -1.96. The van der Waals surface area contributed by atoms with Crippen LogP contribution in [0.15, 0.2) is 36.5 Å². The van der Waals surface area contributed by atoms with Crippen molar-refractivity contribution >= 4 is 17.3 Å². The number of methoxy groups -OCH3 is 1. The van der Waals surface area contributed by atoms with Crippen LogP contribution in [0.3, 0.4) is 0 Å². The molecule has 0 bridgehead atoms. The molecule has 0 radical (unpaired) electrons. The van der Waals surface area contributed by atoms with E-state index in [1.165, 1.54) is 13.3 Å². The lowest BCUT2D eigenvalue weighted by molar-refractivity contribution is 0.0604. The molecule has 98 valence electrons. The molecule has 0 saturated heterocycles. The highest BCUT2D eigenvalue weighted by Gasteiger charge is 2.21. The second-order valence-corrected chi connectivity index (χ2v) is 4.12. The molecule has 0 spiro atoms. The van der Waals surface area contributed by atoms with E-state index in [9.17, 15) is 4.79 Å². The van der Waals surface area contributed by atoms with Crippen LogP contribution < -0.4 is 0 Å². The number of aromatic nitrogens is 3. The lowest BCUT2D eigenvalue weighted by Crippen LogP contribution is -2.00. The number of carbonyl (C=O) groups is 1. The zero-order chi connectivity index (χ0) is 14.1. The Bertz CT molecular complexity index is 824. The molecule has 2 heterocycles. The summed E-state index contributed by atoms with van der Waals surface area (Å²) in [5.41, 5.74) is 1.69. The number of fused-ring (bicyclic) bond motifs is 1. The number of aromatic amines is 1. The first-order chi connectivity index (χ1) is 9.74. The Morgan fingerprint density at radius 3 is 2.80 bits per heavy atom. The van der Waals surface area contributed by atoms with Gasteiger partial charge in [-0.1, -0.05) is 30.3 Å². The molecular formula is C14H10N4O2. The molecule has 6 nitrogen and oxygen atoms in total. The van der Waals surface area contributed by atoms with Gasteiger partial charge >= 0.3 is 5.97 Å². The van der Waals surface area contributed by atoms with Gasteiger partial charge in [-0.15, -0.1) is 0 Å². The number of ether oxygens (including phenoxy) is 1. The normalized spacial score (nSPS) is 10.4. The topological polar surface area (TPSA) is 63.8 Å². The largest absolute Gasteiger partial charge is 0.466 e. The summed E-state index contributed by atoms with van der Waals surface area (Å²) in [6, 6.07) is 9.53. The highest BCUT2D eigenvalue weighted by molar-refractivity contribution is 6.02. The summed E-state index contributed by atoms with van der Waals surface area (Å²) in [4.78, 5) is 19.5. The third-order valence-electron chi connectivity index (χ3n) is 2.96. The van der Waals surface area contributed by atoms with E-state index >= 15 is 0 Å². The molecule has 0 aliphatic heterocycles. The Morgan fingerprint density at radius 2 is 2.15 bits per heavy atom. The molecule has 3 rings (SSSR count). The summed E-state index contributed by atoms with van der Waals surface area (Å²) >= 11 is 0. The van der Waals surface area contributed by atoms with Crippen molar-refractivity contribution < 1.29 is 9.53 Å². The van der Waals surface area contributed by atoms with Gasteiger partial charge in [0.15, 0.2) is 11.5 Å². The smallest absolute Gasteiger partial charge is 0.331 e. The minimum Gasteiger partial charge on any atom is -0.466 e. The van der Waals surface area contributed by atoms with E-state index in [0.717, 1.165) is 5.56 Å². The van der Waals surface area contributed by atoms with Crippen molar-refractivity contribution in [2.24, 2.45) is 0 Å². The zero-order valence-corrected chi connectivity index (χ0v) is 10.6. The molecule has 0 aliphatic carbocycles. The Labute approximate surface area is 114 Å². The van der Waals surface area contributed by atoms with Gasteiger partial charge in [0.1, 0.15) is 5.56 Å². The standard InChI is InChI=1S/C14H10N4O2/c1-15-10-8-18-13(11(10)14(19)20-2)16-12(17-18)9-6-4-3-5-7-9/h3-8H,2H3,(H,16,17). The van der Waals surface area contributed by atoms with Crippen LogP contribution in [0, 0.1) is 6.57 Å². The number of hydrogen-bond donors (Lipinski definition) is 1. The number of rotatable bonds is 2. The maximum absolute atomic E-state index is 11.8. The number of nitrogens with zero attached hydrogens (tertiary/aromatic N) is 3. The van der Waals surface area contributed by atoms with Crippen LogP contribution in [0.1, 0.15) is 10.4 Å². The molecule has 0 amide bonds. The molecule has 20 heavy (non-hydrogen) atoms. The van der Waals surface area contributed by atoms with Crippen LogP contribution in [0.4, 0.5) is 5.69 Å². The van der Waals surface area contributed by atoms with Crippen molar-refractivity contribution in [2.45, 2.75) is 0 Å². The fourth-order valence-corrected chi connectivity index (χ4v) is 2.03. The second-order valence-electron chi connectivity index (χ2n) is 4.12. The highest BCUT2D eigenvalue weighted by Crippen LogP contribution is 2.27. The summed E-state index contributed by atoms with van der Waals surface area (Å²) in [6.45, 7) is 7.10. The van der Waals surface area contributed by atoms with E-state index in [0.29, 0.717) is 11.5 Å². The molecule has 0 saturated carbocycles. The van der Waals surface area contributed by atoms with Crippen molar-refractivity contribution in [2.75, 3.05) is 7.11 Å². The molecule has 0 unspecified atom stereocenters. The van der Waals surface area contributed by atoms with Crippen LogP contribution in [0.2, 0.25) is 0 Å². The third-order valence-corrected chi connectivity index (χ3v) is 2.96. The third kappa shape index (κ3) is 1.73. The summed E-state index contributed by atoms with van der Waals surface area (Å²) in [7, 11) is 1.28. The number of esters is 1. The number of benzene rings is 1. The van der Waals surface area contributed by atoms with Crippen LogP contribution in [0.25, 0.3) is 21.9 Å². The maximum Gasteiger partial charge on any atom is 0.331 e. The fraction of sp³-hybridized carbons (Fsp3) is 0.0714. The van der Waals surface area contributed by atoms with Gasteiger partial charge in [-0.25, -0.2) is 14.6 Å². The molecule has 3 aromatic rings. The van der Waals surface area contributed by atoms with E-state index < -0.39 is 5.97 Å². The zero-order valence-electron chi connectivity index (χ0n) is 10.6. The predicted molar refractivity (Wildman–Crippen MR) is 72.6 cm³/mol. The number of hydrogen-bond acceptors (Lipinski definition) is 3. The van der Waals surface area contributed by atoms with Crippen LogP contribution in [-0.4, -0.2) is 27.7 Å². The van der Waals surface area contributed by atoms with Gasteiger partial charge < -0.3 is 4.74 Å². The van der Waals surface area contributed by atoms with Crippen LogP contribution in [-0.2, 0) is 4.74 Å². The van der Waals surface area contributed by atoms with Gasteiger partial charge in [0.05, 0.1) is 13.7 Å². The maximum atomic E-state index is 11.8. The Kier molecular flexibility index (Phi) is 2.73. The first-order valence-electron chi connectivity index (χ1n) is 5.87. The SMILES string of the molecule is [C-]#[N+]c1cn2[nH]c(-c3ccccc3)nc2c1C(=O)OC. The Hall–Kier alpha value is -3.07. The van der Waals surface area contributed by atoms with Gasteiger partial charge in [0.25, 0.3) is 0 Å². The van der Waals surface area contributed by atoms with Gasteiger partial charge in [-0.05, 0) is 0 Å². The Morgan fingerprint density at radius 1 is 1.40 bits per heavy atom. The van der Waals surface area contributed by atoms with E-state index in [1.54, 1.807) is 4.52 Å². The first kappa shape index (κ1) is 12.0. The molecule has 2 aromatic heterocycles. The number of carbonyl (C=O) groups excluding carboxylic acids is 1. The molecule has 0 fully saturated rings. The summed E-state index contributed by atoms with van der Waals surface area (Å²) in [6.07, 6.45) is 1.54. The molecule has 1 aromatic carbocycles. The average molecular weight is 266 g/mol. The van der Waals surface area contributed by atoms with E-state index in [-0.39, 0.29) is 11.3 Å². The number of nitrogens with one attached hydrogen (secondary N) is 1. The quantitative estimate of drug-likeness (QED) is 0.573. The minimum atomic E-state index is -0.565. The van der Waals surface area contributed by atoms with Crippen molar-refractivity contribution in [3.8, 4) is 11.4 Å². The summed E-state index contributed by atoms with van der Waals surface area (Å²) in [5, 5.41) is 3.04. The Balaban J connectivity index is 2.21. The fourth-order valence-electron chi connectivity index (χ4n) is 2.03. The number of H-pyrrole nitrogens is 1. The van der Waals surface area contributed by atoms with E-state index in [1.807, 2.05) is 30.3 Å². The second kappa shape index (κ2) is 4.55. The minimum absolute atomic E-state index is 0.181. The van der Waals surface area contributed by atoms with Crippen molar-refractivity contribution in [3.05, 3.63) is 53.5 Å². The summed E-state index contributed by atoms with van der Waals surface area (Å²) in [5.74, 6) is 0.0619. The molecule has 0 atom stereocenters. The van der Waals surface area contributed by atoms with E-state index in [4.69, 9.17) is 11.3 Å². The van der Waals surface area contributed by atoms with Gasteiger partial charge in [0, 0.05) is 11.8 Å². The molecular weight excluding hydrogens is 256 g/mol. The van der Waals surface area contributed by atoms with Crippen molar-refractivity contribution in [3.63, 3.8) is 0 Å². The van der Waals surface area contributed by atoms with Gasteiger partial charge in [-0.2, -0.15) is 0 Å². The molecule has 0 aliphatic rings. The lowest BCUT2D eigenvalue weighted by atomic mass is 10.2. The molecule has 1 N–H and O–H groups in total. The molecule has 6 heteroatoms.